The van der Waals surface area contributed by atoms with Crippen LogP contribution in [0, 0.1) is 6.92 Å². The number of anilines is 1. The highest BCUT2D eigenvalue weighted by Crippen LogP contribution is 2.25. The molecule has 1 heterocycles. The molecule has 0 aromatic carbocycles. The molecule has 2 rings (SSSR count). The molecule has 1 aliphatic rings. The van der Waals surface area contributed by atoms with Crippen molar-refractivity contribution < 1.29 is 4.74 Å². The average Bonchev–Trinajstić information content (AvgIpc) is 2.55. The van der Waals surface area contributed by atoms with Gasteiger partial charge in [-0.1, -0.05) is 19.3 Å². The maximum atomic E-state index is 6.43. The van der Waals surface area contributed by atoms with Crippen molar-refractivity contribution in [1.82, 2.24) is 9.97 Å². The van der Waals surface area contributed by atoms with Gasteiger partial charge in [0, 0.05) is 17.8 Å². The van der Waals surface area contributed by atoms with Crippen LogP contribution in [0.4, 0.5) is 5.95 Å². The van der Waals surface area contributed by atoms with Gasteiger partial charge in [-0.3, -0.25) is 0 Å². The summed E-state index contributed by atoms with van der Waals surface area (Å²) >= 11 is 6.43. The van der Waals surface area contributed by atoms with E-state index >= 15 is 0 Å². The number of ether oxygens (including phenoxy) is 1. The van der Waals surface area contributed by atoms with Crippen molar-refractivity contribution in [1.29, 1.82) is 0 Å². The Kier molecular flexibility index (Phi) is 5.25. The van der Waals surface area contributed by atoms with Gasteiger partial charge in [-0.2, -0.15) is 4.98 Å². The van der Waals surface area contributed by atoms with Gasteiger partial charge < -0.3 is 10.1 Å². The van der Waals surface area contributed by atoms with Gasteiger partial charge in [0.2, 0.25) is 11.8 Å². The Balaban J connectivity index is 2.08. The lowest BCUT2D eigenvalue weighted by atomic mass is 10.1. The Bertz CT molecular complexity index is 414. The number of halogens is 1. The molecule has 1 aliphatic carbocycles. The second-order valence-corrected chi connectivity index (χ2v) is 5.57. The Morgan fingerprint density at radius 1 is 1.32 bits per heavy atom. The van der Waals surface area contributed by atoms with Gasteiger partial charge in [-0.15, -0.1) is 11.6 Å². The number of nitrogens with one attached hydrogen (secondary N) is 1. The molecular formula is C14H22ClN3O. The zero-order chi connectivity index (χ0) is 13.7. The minimum absolute atomic E-state index is 0.155. The summed E-state index contributed by atoms with van der Waals surface area (Å²) in [6, 6.07) is 2.10. The summed E-state index contributed by atoms with van der Waals surface area (Å²) in [4.78, 5) is 8.79. The second kappa shape index (κ2) is 6.94. The monoisotopic (exact) mass is 283 g/mol. The van der Waals surface area contributed by atoms with Crippen LogP contribution in [0.1, 0.15) is 44.7 Å². The largest absolute Gasteiger partial charge is 0.478 e. The lowest BCUT2D eigenvalue weighted by Crippen LogP contribution is -2.29. The smallest absolute Gasteiger partial charge is 0.226 e. The first-order valence-electron chi connectivity index (χ1n) is 7.08. The van der Waals surface area contributed by atoms with E-state index in [1.165, 1.54) is 19.3 Å². The minimum Gasteiger partial charge on any atom is -0.478 e. The fourth-order valence-corrected chi connectivity index (χ4v) is 2.76. The van der Waals surface area contributed by atoms with Crippen molar-refractivity contribution >= 4 is 17.5 Å². The Hall–Kier alpha value is -1.03. The van der Waals surface area contributed by atoms with Crippen LogP contribution in [-0.4, -0.2) is 28.0 Å². The molecule has 1 saturated carbocycles. The van der Waals surface area contributed by atoms with E-state index in [0.717, 1.165) is 18.5 Å². The van der Waals surface area contributed by atoms with E-state index in [-0.39, 0.29) is 11.4 Å². The van der Waals surface area contributed by atoms with Gasteiger partial charge >= 0.3 is 0 Å². The highest BCUT2D eigenvalue weighted by molar-refractivity contribution is 6.21. The molecule has 0 radical (unpaired) electrons. The molecule has 1 aromatic rings. The Labute approximate surface area is 119 Å². The zero-order valence-corrected chi connectivity index (χ0v) is 12.4. The van der Waals surface area contributed by atoms with Crippen LogP contribution in [0.15, 0.2) is 6.07 Å². The van der Waals surface area contributed by atoms with E-state index in [4.69, 9.17) is 16.3 Å². The topological polar surface area (TPSA) is 47.0 Å². The molecule has 4 nitrogen and oxygen atoms in total. The molecule has 2 unspecified atom stereocenters. The standard InChI is InChI=1S/C14H22ClN3O/c1-3-19-13-9-10(2)16-14(18-13)17-12-8-6-4-5-7-11(12)15/h9,11-12H,3-8H2,1-2H3,(H,16,17,18). The molecule has 0 spiro atoms. The summed E-state index contributed by atoms with van der Waals surface area (Å²) in [5.41, 5.74) is 0.903. The summed E-state index contributed by atoms with van der Waals surface area (Å²) in [5.74, 6) is 1.25. The van der Waals surface area contributed by atoms with Crippen LogP contribution in [0.25, 0.3) is 0 Å². The highest BCUT2D eigenvalue weighted by Gasteiger charge is 2.22. The molecule has 106 valence electrons. The van der Waals surface area contributed by atoms with Gasteiger partial charge in [-0.25, -0.2) is 4.98 Å². The lowest BCUT2D eigenvalue weighted by Gasteiger charge is -2.21. The molecule has 19 heavy (non-hydrogen) atoms. The maximum Gasteiger partial charge on any atom is 0.226 e. The van der Waals surface area contributed by atoms with Crippen LogP contribution in [0.3, 0.4) is 0 Å². The van der Waals surface area contributed by atoms with Crippen LogP contribution in [-0.2, 0) is 0 Å². The molecular weight excluding hydrogens is 262 g/mol. The molecule has 1 fully saturated rings. The summed E-state index contributed by atoms with van der Waals surface area (Å²) in [5, 5.41) is 3.53. The van der Waals surface area contributed by atoms with Crippen molar-refractivity contribution in [2.24, 2.45) is 0 Å². The number of aromatic nitrogens is 2. The van der Waals surface area contributed by atoms with Gasteiger partial charge in [0.1, 0.15) is 0 Å². The van der Waals surface area contributed by atoms with E-state index in [1.807, 2.05) is 19.9 Å². The number of alkyl halides is 1. The summed E-state index contributed by atoms with van der Waals surface area (Å²) in [6.07, 6.45) is 5.83. The average molecular weight is 284 g/mol. The van der Waals surface area contributed by atoms with Gasteiger partial charge in [0.15, 0.2) is 0 Å². The normalized spacial score (nSPS) is 23.7. The van der Waals surface area contributed by atoms with Crippen LogP contribution < -0.4 is 10.1 Å². The fraction of sp³-hybridized carbons (Fsp3) is 0.714. The summed E-state index contributed by atoms with van der Waals surface area (Å²) < 4.78 is 5.44. The third-order valence-corrected chi connectivity index (χ3v) is 3.89. The quantitative estimate of drug-likeness (QED) is 0.678. The molecule has 1 aromatic heterocycles. The van der Waals surface area contributed by atoms with E-state index in [9.17, 15) is 0 Å². The van der Waals surface area contributed by atoms with E-state index in [0.29, 0.717) is 18.4 Å². The SMILES string of the molecule is CCOc1cc(C)nc(NC2CCCCCC2Cl)n1. The predicted molar refractivity (Wildman–Crippen MR) is 78.1 cm³/mol. The van der Waals surface area contributed by atoms with Crippen molar-refractivity contribution in [2.45, 2.75) is 57.4 Å². The number of hydrogen-bond donors (Lipinski definition) is 1. The maximum absolute atomic E-state index is 6.43. The van der Waals surface area contributed by atoms with Crippen molar-refractivity contribution in [3.63, 3.8) is 0 Å². The first kappa shape index (κ1) is 14.4. The van der Waals surface area contributed by atoms with Crippen molar-refractivity contribution in [3.8, 4) is 5.88 Å². The number of nitrogens with zero attached hydrogens (tertiary/aromatic N) is 2. The van der Waals surface area contributed by atoms with E-state index in [2.05, 4.69) is 15.3 Å². The van der Waals surface area contributed by atoms with Crippen molar-refractivity contribution in [3.05, 3.63) is 11.8 Å². The van der Waals surface area contributed by atoms with Crippen LogP contribution in [0.5, 0.6) is 5.88 Å². The molecule has 0 bridgehead atoms. The zero-order valence-electron chi connectivity index (χ0n) is 11.7. The second-order valence-electron chi connectivity index (χ2n) is 5.01. The van der Waals surface area contributed by atoms with Crippen molar-refractivity contribution in [2.75, 3.05) is 11.9 Å². The Morgan fingerprint density at radius 2 is 2.11 bits per heavy atom. The molecule has 0 amide bonds. The van der Waals surface area contributed by atoms with E-state index < -0.39 is 0 Å². The third-order valence-electron chi connectivity index (χ3n) is 3.37. The fourth-order valence-electron chi connectivity index (χ4n) is 2.42. The summed E-state index contributed by atoms with van der Waals surface area (Å²) in [6.45, 7) is 4.50. The number of aryl methyl sites for hydroxylation is 1. The lowest BCUT2D eigenvalue weighted by molar-refractivity contribution is 0.326. The Morgan fingerprint density at radius 3 is 2.89 bits per heavy atom. The number of rotatable bonds is 4. The minimum atomic E-state index is 0.155. The van der Waals surface area contributed by atoms with Crippen LogP contribution in [0.2, 0.25) is 0 Å². The molecule has 0 saturated heterocycles. The first-order valence-corrected chi connectivity index (χ1v) is 7.51. The summed E-state index contributed by atoms with van der Waals surface area (Å²) in [7, 11) is 0. The molecule has 2 atom stereocenters. The highest BCUT2D eigenvalue weighted by atomic mass is 35.5. The first-order chi connectivity index (χ1) is 9.19. The molecule has 1 N–H and O–H groups in total. The van der Waals surface area contributed by atoms with Gasteiger partial charge in [0.05, 0.1) is 12.0 Å². The van der Waals surface area contributed by atoms with Gasteiger partial charge in [0.25, 0.3) is 0 Å². The third kappa shape index (κ3) is 4.23. The van der Waals surface area contributed by atoms with Gasteiger partial charge in [-0.05, 0) is 26.7 Å². The number of hydrogen-bond acceptors (Lipinski definition) is 4. The van der Waals surface area contributed by atoms with E-state index in [1.54, 1.807) is 0 Å². The molecule has 0 aliphatic heterocycles. The predicted octanol–water partition coefficient (Wildman–Crippen LogP) is 3.54. The van der Waals surface area contributed by atoms with Crippen LogP contribution >= 0.6 is 11.6 Å². The molecule has 5 heteroatoms.